The lowest BCUT2D eigenvalue weighted by Crippen LogP contribution is -2.40. The van der Waals surface area contributed by atoms with Gasteiger partial charge in [-0.2, -0.15) is 0 Å². The standard InChI is InChI=1S/C19H31NO/c1-8-9-20-16-12-19(6,7)21-17-13(2)10-14(11-15(16)17)18(3,4)5/h10-11,16,20H,8-9,12H2,1-7H3. The van der Waals surface area contributed by atoms with Gasteiger partial charge in [-0.1, -0.05) is 33.8 Å². The molecule has 1 atom stereocenters. The van der Waals surface area contributed by atoms with Gasteiger partial charge in [-0.15, -0.1) is 0 Å². The second-order valence-electron chi connectivity index (χ2n) is 8.03. The van der Waals surface area contributed by atoms with Gasteiger partial charge in [0.1, 0.15) is 11.4 Å². The Morgan fingerprint density at radius 1 is 1.29 bits per heavy atom. The number of ether oxygens (including phenoxy) is 1. The van der Waals surface area contributed by atoms with Gasteiger partial charge in [-0.25, -0.2) is 0 Å². The number of hydrogen-bond donors (Lipinski definition) is 1. The fourth-order valence-corrected chi connectivity index (χ4v) is 3.05. The fraction of sp³-hybridized carbons (Fsp3) is 0.684. The van der Waals surface area contributed by atoms with Gasteiger partial charge in [-0.3, -0.25) is 0 Å². The van der Waals surface area contributed by atoms with E-state index in [1.165, 1.54) is 16.7 Å². The van der Waals surface area contributed by atoms with Gasteiger partial charge in [0.25, 0.3) is 0 Å². The van der Waals surface area contributed by atoms with E-state index in [2.05, 4.69) is 65.9 Å². The first-order valence-electron chi connectivity index (χ1n) is 8.21. The Morgan fingerprint density at radius 2 is 1.95 bits per heavy atom. The Bertz CT molecular complexity index is 511. The molecular weight excluding hydrogens is 258 g/mol. The monoisotopic (exact) mass is 289 g/mol. The third kappa shape index (κ3) is 3.60. The Balaban J connectivity index is 2.49. The highest BCUT2D eigenvalue weighted by atomic mass is 16.5. The van der Waals surface area contributed by atoms with Crippen molar-refractivity contribution in [3.63, 3.8) is 0 Å². The van der Waals surface area contributed by atoms with Gasteiger partial charge in [0.05, 0.1) is 0 Å². The van der Waals surface area contributed by atoms with Crippen LogP contribution in [0.4, 0.5) is 0 Å². The number of nitrogens with one attached hydrogen (secondary N) is 1. The summed E-state index contributed by atoms with van der Waals surface area (Å²) in [5, 5.41) is 3.71. The van der Waals surface area contributed by atoms with Crippen molar-refractivity contribution >= 4 is 0 Å². The zero-order valence-corrected chi connectivity index (χ0v) is 14.8. The van der Waals surface area contributed by atoms with Crippen LogP contribution in [0.1, 0.15) is 77.1 Å². The van der Waals surface area contributed by atoms with Gasteiger partial charge < -0.3 is 10.1 Å². The van der Waals surface area contributed by atoms with Crippen molar-refractivity contribution < 1.29 is 4.74 Å². The zero-order valence-electron chi connectivity index (χ0n) is 14.8. The van der Waals surface area contributed by atoms with Gasteiger partial charge in [0, 0.05) is 18.0 Å². The second kappa shape index (κ2) is 5.64. The largest absolute Gasteiger partial charge is 0.487 e. The molecule has 1 aliphatic heterocycles. The molecule has 2 nitrogen and oxygen atoms in total. The van der Waals surface area contributed by atoms with Crippen LogP contribution in [0.5, 0.6) is 5.75 Å². The summed E-state index contributed by atoms with van der Waals surface area (Å²) in [5.74, 6) is 1.09. The minimum Gasteiger partial charge on any atom is -0.487 e. The maximum atomic E-state index is 6.29. The first-order chi connectivity index (χ1) is 9.64. The molecule has 0 bridgehead atoms. The molecule has 0 saturated carbocycles. The Labute approximate surface area is 130 Å². The Morgan fingerprint density at radius 3 is 2.52 bits per heavy atom. The van der Waals surface area contributed by atoms with Crippen molar-refractivity contribution in [1.29, 1.82) is 0 Å². The number of rotatable bonds is 3. The van der Waals surface area contributed by atoms with E-state index in [0.717, 1.165) is 25.1 Å². The molecule has 0 spiro atoms. The molecule has 1 heterocycles. The fourth-order valence-electron chi connectivity index (χ4n) is 3.05. The van der Waals surface area contributed by atoms with Gasteiger partial charge in [0.15, 0.2) is 0 Å². The predicted molar refractivity (Wildman–Crippen MR) is 90.2 cm³/mol. The lowest BCUT2D eigenvalue weighted by Gasteiger charge is -2.39. The molecule has 1 unspecified atom stereocenters. The number of aryl methyl sites for hydroxylation is 1. The SMILES string of the molecule is CCCNC1CC(C)(C)Oc2c(C)cc(C(C)(C)C)cc21. The second-order valence-corrected chi connectivity index (χ2v) is 8.03. The number of fused-ring (bicyclic) bond motifs is 1. The van der Waals surface area contributed by atoms with Crippen molar-refractivity contribution in [2.75, 3.05) is 6.54 Å². The molecule has 0 fully saturated rings. The summed E-state index contributed by atoms with van der Waals surface area (Å²) in [6.45, 7) is 16.6. The van der Waals surface area contributed by atoms with E-state index in [9.17, 15) is 0 Å². The van der Waals surface area contributed by atoms with Crippen LogP contribution in [0.2, 0.25) is 0 Å². The third-order valence-corrected chi connectivity index (χ3v) is 4.26. The minimum atomic E-state index is -0.105. The van der Waals surface area contributed by atoms with Crippen LogP contribution < -0.4 is 10.1 Å². The maximum Gasteiger partial charge on any atom is 0.127 e. The van der Waals surface area contributed by atoms with Crippen LogP contribution in [0, 0.1) is 6.92 Å². The van der Waals surface area contributed by atoms with E-state index in [0.29, 0.717) is 6.04 Å². The van der Waals surface area contributed by atoms with Crippen LogP contribution in [0.3, 0.4) is 0 Å². The number of benzene rings is 1. The molecular formula is C19H31NO. The van der Waals surface area contributed by atoms with Crippen LogP contribution in [0.25, 0.3) is 0 Å². The molecule has 1 N–H and O–H groups in total. The van der Waals surface area contributed by atoms with Crippen LogP contribution >= 0.6 is 0 Å². The molecule has 0 aliphatic carbocycles. The summed E-state index contributed by atoms with van der Waals surface area (Å²) >= 11 is 0. The average Bonchev–Trinajstić information content (AvgIpc) is 2.34. The normalized spacial score (nSPS) is 20.8. The van der Waals surface area contributed by atoms with Gasteiger partial charge in [-0.05, 0) is 56.3 Å². The predicted octanol–water partition coefficient (Wildman–Crippen LogP) is 4.89. The van der Waals surface area contributed by atoms with Crippen molar-refractivity contribution in [1.82, 2.24) is 5.32 Å². The topological polar surface area (TPSA) is 21.3 Å². The Kier molecular flexibility index (Phi) is 4.39. The van der Waals surface area contributed by atoms with Gasteiger partial charge in [0.2, 0.25) is 0 Å². The van der Waals surface area contributed by atoms with Crippen LogP contribution in [-0.4, -0.2) is 12.1 Å². The molecule has 21 heavy (non-hydrogen) atoms. The molecule has 1 aromatic carbocycles. The van der Waals surface area contributed by atoms with Crippen LogP contribution in [0.15, 0.2) is 12.1 Å². The summed E-state index contributed by atoms with van der Waals surface area (Å²) in [4.78, 5) is 0. The molecule has 1 aliphatic rings. The highest BCUT2D eigenvalue weighted by Gasteiger charge is 2.35. The summed E-state index contributed by atoms with van der Waals surface area (Å²) in [7, 11) is 0. The Hall–Kier alpha value is -1.02. The molecule has 0 aromatic heterocycles. The van der Waals surface area contributed by atoms with E-state index in [1.54, 1.807) is 0 Å². The van der Waals surface area contributed by atoms with Crippen molar-refractivity contribution in [3.8, 4) is 5.75 Å². The van der Waals surface area contributed by atoms with Crippen LogP contribution in [-0.2, 0) is 5.41 Å². The third-order valence-electron chi connectivity index (χ3n) is 4.26. The van der Waals surface area contributed by atoms with Crippen molar-refractivity contribution in [2.45, 2.75) is 78.4 Å². The maximum absolute atomic E-state index is 6.29. The minimum absolute atomic E-state index is 0.105. The summed E-state index contributed by atoms with van der Waals surface area (Å²) in [6.07, 6.45) is 2.18. The summed E-state index contributed by atoms with van der Waals surface area (Å²) < 4.78 is 6.29. The smallest absolute Gasteiger partial charge is 0.127 e. The molecule has 1 aromatic rings. The van der Waals surface area contributed by atoms with E-state index in [1.807, 2.05) is 0 Å². The quantitative estimate of drug-likeness (QED) is 0.855. The van der Waals surface area contributed by atoms with E-state index in [4.69, 9.17) is 4.74 Å². The lowest BCUT2D eigenvalue weighted by atomic mass is 9.81. The average molecular weight is 289 g/mol. The highest BCUT2D eigenvalue weighted by Crippen LogP contribution is 2.43. The van der Waals surface area contributed by atoms with E-state index >= 15 is 0 Å². The van der Waals surface area contributed by atoms with Gasteiger partial charge >= 0.3 is 0 Å². The molecule has 0 amide bonds. The molecule has 2 heteroatoms. The lowest BCUT2D eigenvalue weighted by molar-refractivity contribution is 0.0651. The van der Waals surface area contributed by atoms with Crippen molar-refractivity contribution in [2.24, 2.45) is 0 Å². The molecule has 0 radical (unpaired) electrons. The summed E-state index contributed by atoms with van der Waals surface area (Å²) in [5.41, 5.74) is 4.06. The number of hydrogen-bond acceptors (Lipinski definition) is 2. The first kappa shape index (κ1) is 16.4. The van der Waals surface area contributed by atoms with Crippen molar-refractivity contribution in [3.05, 3.63) is 28.8 Å². The molecule has 0 saturated heterocycles. The molecule has 118 valence electrons. The highest BCUT2D eigenvalue weighted by molar-refractivity contribution is 5.49. The molecule has 2 rings (SSSR count). The van der Waals surface area contributed by atoms with E-state index in [-0.39, 0.29) is 11.0 Å². The van der Waals surface area contributed by atoms with E-state index < -0.39 is 0 Å². The summed E-state index contributed by atoms with van der Waals surface area (Å²) in [6, 6.07) is 5.03. The first-order valence-corrected chi connectivity index (χ1v) is 8.21. The zero-order chi connectivity index (χ0) is 15.8.